The van der Waals surface area contributed by atoms with Gasteiger partial charge in [-0.15, -0.1) is 0 Å². The van der Waals surface area contributed by atoms with Gasteiger partial charge in [0, 0.05) is 52.0 Å². The fraction of sp³-hybridized carbons (Fsp3) is 0.440. The van der Waals surface area contributed by atoms with Crippen molar-refractivity contribution in [1.29, 1.82) is 0 Å². The number of nitrogens with one attached hydrogen (secondary N) is 2. The van der Waals surface area contributed by atoms with E-state index < -0.39 is 8.07 Å². The summed E-state index contributed by atoms with van der Waals surface area (Å²) in [5.74, 6) is 1.01. The van der Waals surface area contributed by atoms with E-state index in [2.05, 4.69) is 45.3 Å². The zero-order valence-corrected chi connectivity index (χ0v) is 22.5. The number of furan rings is 1. The summed E-state index contributed by atoms with van der Waals surface area (Å²) >= 11 is 0. The first-order chi connectivity index (χ1) is 17.2. The van der Waals surface area contributed by atoms with Gasteiger partial charge in [0.15, 0.2) is 17.1 Å². The summed E-state index contributed by atoms with van der Waals surface area (Å²) in [4.78, 5) is 23.6. The lowest BCUT2D eigenvalue weighted by Gasteiger charge is -2.15. The number of amides is 1. The smallest absolute Gasteiger partial charge is 0.274 e. The van der Waals surface area contributed by atoms with Gasteiger partial charge in [-0.1, -0.05) is 19.6 Å². The Labute approximate surface area is 211 Å². The summed E-state index contributed by atoms with van der Waals surface area (Å²) in [7, 11) is 2.25. The van der Waals surface area contributed by atoms with E-state index in [9.17, 15) is 4.79 Å². The number of benzene rings is 1. The molecule has 5 rings (SSSR count). The Morgan fingerprint density at radius 3 is 2.75 bits per heavy atom. The molecule has 1 saturated carbocycles. The van der Waals surface area contributed by atoms with Crippen LogP contribution in [-0.4, -0.2) is 65.4 Å². The number of nitrogens with zero attached hydrogens (tertiary/aromatic N) is 5. The zero-order chi connectivity index (χ0) is 25.4. The van der Waals surface area contributed by atoms with Crippen LogP contribution in [0.5, 0.6) is 0 Å². The van der Waals surface area contributed by atoms with Gasteiger partial charge < -0.3 is 24.7 Å². The Hall–Kier alpha value is -3.44. The first-order valence-corrected chi connectivity index (χ1v) is 16.0. The van der Waals surface area contributed by atoms with Crippen LogP contribution < -0.4 is 10.6 Å². The van der Waals surface area contributed by atoms with E-state index in [1.807, 2.05) is 24.3 Å². The van der Waals surface area contributed by atoms with Gasteiger partial charge in [0.25, 0.3) is 5.91 Å². The third kappa shape index (κ3) is 5.36. The van der Waals surface area contributed by atoms with Crippen LogP contribution in [0.4, 0.5) is 17.5 Å². The maximum atomic E-state index is 12.8. The number of anilines is 3. The largest absolute Gasteiger partial charge is 0.459 e. The Morgan fingerprint density at radius 2 is 2.03 bits per heavy atom. The molecule has 36 heavy (non-hydrogen) atoms. The topological polar surface area (TPSA) is 110 Å². The lowest BCUT2D eigenvalue weighted by Crippen LogP contribution is -2.23. The first-order valence-electron chi connectivity index (χ1n) is 12.3. The number of carbonyl (C=O) groups is 1. The Bertz CT molecular complexity index is 1400. The standard InChI is InChI=1S/C25H33N7O3Si/c1-31(2)24(33)21-18-9-8-17(14-20(18)32(30-21)15-34-12-13-36(3,4)5)27-25-28-19-10-11-35-22(19)23(29-25)26-16-6-7-16/h8-11,14,16H,6-7,12-13,15H2,1-5H3,(H2,26,27,28,29). The molecule has 10 nitrogen and oxygen atoms in total. The fourth-order valence-electron chi connectivity index (χ4n) is 3.82. The molecule has 190 valence electrons. The predicted molar refractivity (Wildman–Crippen MR) is 144 cm³/mol. The molecule has 11 heteroatoms. The summed E-state index contributed by atoms with van der Waals surface area (Å²) < 4.78 is 13.3. The summed E-state index contributed by atoms with van der Waals surface area (Å²) in [5.41, 5.74) is 3.38. The Kier molecular flexibility index (Phi) is 6.43. The lowest BCUT2D eigenvalue weighted by atomic mass is 10.2. The summed E-state index contributed by atoms with van der Waals surface area (Å²) in [6, 6.07) is 9.08. The normalized spacial score (nSPS) is 13.9. The van der Waals surface area contributed by atoms with Gasteiger partial charge in [0.05, 0.1) is 11.8 Å². The molecular weight excluding hydrogens is 474 g/mol. The summed E-state index contributed by atoms with van der Waals surface area (Å²) in [5, 5.41) is 12.1. The van der Waals surface area contributed by atoms with Gasteiger partial charge in [-0.25, -0.2) is 9.67 Å². The van der Waals surface area contributed by atoms with Gasteiger partial charge in [-0.3, -0.25) is 4.79 Å². The highest BCUT2D eigenvalue weighted by molar-refractivity contribution is 6.76. The van der Waals surface area contributed by atoms with E-state index in [0.717, 1.165) is 41.0 Å². The fourth-order valence-corrected chi connectivity index (χ4v) is 4.57. The van der Waals surface area contributed by atoms with Crippen LogP contribution in [0, 0.1) is 0 Å². The molecule has 1 aliphatic carbocycles. The summed E-state index contributed by atoms with van der Waals surface area (Å²) in [6.07, 6.45) is 3.88. The quantitative estimate of drug-likeness (QED) is 0.230. The number of fused-ring (bicyclic) bond motifs is 2. The zero-order valence-electron chi connectivity index (χ0n) is 21.5. The predicted octanol–water partition coefficient (Wildman–Crippen LogP) is 4.90. The van der Waals surface area contributed by atoms with Crippen LogP contribution in [0.3, 0.4) is 0 Å². The monoisotopic (exact) mass is 507 g/mol. The van der Waals surface area contributed by atoms with E-state index in [4.69, 9.17) is 9.15 Å². The molecular formula is C25H33N7O3Si. The molecule has 0 aliphatic heterocycles. The molecule has 0 unspecified atom stereocenters. The minimum atomic E-state index is -1.21. The Balaban J connectivity index is 1.44. The van der Waals surface area contributed by atoms with Crippen molar-refractivity contribution in [3.05, 3.63) is 36.2 Å². The minimum Gasteiger partial charge on any atom is -0.459 e. The van der Waals surface area contributed by atoms with Crippen molar-refractivity contribution < 1.29 is 13.9 Å². The van der Waals surface area contributed by atoms with Crippen LogP contribution in [-0.2, 0) is 11.5 Å². The molecule has 0 bridgehead atoms. The van der Waals surface area contributed by atoms with Crippen molar-refractivity contribution in [1.82, 2.24) is 24.6 Å². The van der Waals surface area contributed by atoms with Crippen molar-refractivity contribution in [2.24, 2.45) is 0 Å². The van der Waals surface area contributed by atoms with Gasteiger partial charge in [-0.2, -0.15) is 10.1 Å². The molecule has 0 saturated heterocycles. The van der Waals surface area contributed by atoms with Crippen LogP contribution in [0.25, 0.3) is 22.0 Å². The van der Waals surface area contributed by atoms with Gasteiger partial charge in [0.2, 0.25) is 5.95 Å². The van der Waals surface area contributed by atoms with E-state index in [1.165, 1.54) is 4.90 Å². The molecule has 0 spiro atoms. The molecule has 1 fully saturated rings. The molecule has 1 aliphatic rings. The first kappa shape index (κ1) is 24.3. The second-order valence-corrected chi connectivity index (χ2v) is 16.3. The van der Waals surface area contributed by atoms with Gasteiger partial charge in [-0.05, 0) is 37.1 Å². The van der Waals surface area contributed by atoms with Crippen LogP contribution in [0.1, 0.15) is 23.3 Å². The molecule has 0 atom stereocenters. The highest BCUT2D eigenvalue weighted by Crippen LogP contribution is 2.31. The number of hydrogen-bond donors (Lipinski definition) is 2. The molecule has 3 heterocycles. The second kappa shape index (κ2) is 9.55. The molecule has 2 N–H and O–H groups in total. The molecule has 0 radical (unpaired) electrons. The van der Waals surface area contributed by atoms with Crippen LogP contribution in [0.15, 0.2) is 34.9 Å². The number of hydrogen-bond acceptors (Lipinski definition) is 8. The number of rotatable bonds is 10. The van der Waals surface area contributed by atoms with Crippen LogP contribution >= 0.6 is 0 Å². The lowest BCUT2D eigenvalue weighted by molar-refractivity contribution is 0.0775. The number of ether oxygens (including phenoxy) is 1. The van der Waals surface area contributed by atoms with Gasteiger partial charge >= 0.3 is 0 Å². The number of carbonyl (C=O) groups excluding carboxylic acids is 1. The van der Waals surface area contributed by atoms with E-state index in [-0.39, 0.29) is 12.6 Å². The van der Waals surface area contributed by atoms with Gasteiger partial charge in [0.1, 0.15) is 12.2 Å². The third-order valence-corrected chi connectivity index (χ3v) is 7.75. The van der Waals surface area contributed by atoms with Crippen molar-refractivity contribution in [3.63, 3.8) is 0 Å². The highest BCUT2D eigenvalue weighted by Gasteiger charge is 2.24. The van der Waals surface area contributed by atoms with E-state index in [0.29, 0.717) is 35.7 Å². The van der Waals surface area contributed by atoms with E-state index >= 15 is 0 Å². The SMILES string of the molecule is CN(C)C(=O)c1nn(COCC[Si](C)(C)C)c2cc(Nc3nc(NC4CC4)c4occc4n3)ccc12. The molecule has 4 aromatic rings. The maximum absolute atomic E-state index is 12.8. The molecule has 1 aromatic carbocycles. The average Bonchev–Trinajstić information content (AvgIpc) is 3.37. The maximum Gasteiger partial charge on any atom is 0.274 e. The van der Waals surface area contributed by atoms with Crippen molar-refractivity contribution in [2.75, 3.05) is 31.3 Å². The Morgan fingerprint density at radius 1 is 1.22 bits per heavy atom. The molecule has 1 amide bonds. The van der Waals surface area contributed by atoms with E-state index in [1.54, 1.807) is 25.0 Å². The third-order valence-electron chi connectivity index (χ3n) is 6.05. The summed E-state index contributed by atoms with van der Waals surface area (Å²) in [6.45, 7) is 7.90. The minimum absolute atomic E-state index is 0.147. The van der Waals surface area contributed by atoms with Crippen molar-refractivity contribution >= 4 is 53.4 Å². The average molecular weight is 508 g/mol. The van der Waals surface area contributed by atoms with Crippen molar-refractivity contribution in [2.45, 2.75) is 51.3 Å². The molecule has 3 aromatic heterocycles. The van der Waals surface area contributed by atoms with Crippen molar-refractivity contribution in [3.8, 4) is 0 Å². The van der Waals surface area contributed by atoms with Crippen LogP contribution in [0.2, 0.25) is 25.7 Å². The number of aromatic nitrogens is 4. The second-order valence-electron chi connectivity index (χ2n) is 10.7. The highest BCUT2D eigenvalue weighted by atomic mass is 28.3.